The molecule has 0 radical (unpaired) electrons. The fourth-order valence-corrected chi connectivity index (χ4v) is 1.28. The zero-order valence-corrected chi connectivity index (χ0v) is 7.10. The summed E-state index contributed by atoms with van der Waals surface area (Å²) in [7, 11) is 0. The Bertz CT molecular complexity index is 552. The van der Waals surface area contributed by atoms with E-state index >= 15 is 0 Å². The van der Waals surface area contributed by atoms with Gasteiger partial charge in [0.15, 0.2) is 5.82 Å². The molecule has 3 rings (SSSR count). The molecule has 0 spiro atoms. The summed E-state index contributed by atoms with van der Waals surface area (Å²) in [6.45, 7) is 0. The Labute approximate surface area is 78.4 Å². The summed E-state index contributed by atoms with van der Waals surface area (Å²) >= 11 is 0. The van der Waals surface area contributed by atoms with Crippen LogP contribution in [0, 0.1) is 0 Å². The summed E-state index contributed by atoms with van der Waals surface area (Å²) in [6.07, 6.45) is 5.14. The fourth-order valence-electron chi connectivity index (χ4n) is 1.28. The second-order valence-electron chi connectivity index (χ2n) is 2.83. The molecule has 0 aliphatic heterocycles. The summed E-state index contributed by atoms with van der Waals surface area (Å²) in [5.74, 6) is 0.575. The highest BCUT2D eigenvalue weighted by Gasteiger charge is 2.05. The molecular weight excluding hydrogens is 180 g/mol. The lowest BCUT2D eigenvalue weighted by molar-refractivity contribution is 0.939. The number of H-pyrrole nitrogens is 2. The maximum Gasteiger partial charge on any atom is 0.182 e. The number of nitrogens with zero attached hydrogens (tertiary/aromatic N) is 4. The van der Waals surface area contributed by atoms with Gasteiger partial charge in [0, 0.05) is 6.20 Å². The topological polar surface area (TPSA) is 83.1 Å². The van der Waals surface area contributed by atoms with Gasteiger partial charge in [-0.1, -0.05) is 0 Å². The lowest BCUT2D eigenvalue weighted by atomic mass is 10.4. The molecule has 0 aliphatic rings. The van der Waals surface area contributed by atoms with Crippen molar-refractivity contribution in [3.8, 4) is 11.5 Å². The summed E-state index contributed by atoms with van der Waals surface area (Å²) in [6, 6.07) is 1.89. The van der Waals surface area contributed by atoms with Gasteiger partial charge in [0.05, 0.1) is 23.4 Å². The van der Waals surface area contributed by atoms with Crippen LogP contribution in [0.1, 0.15) is 0 Å². The smallest absolute Gasteiger partial charge is 0.182 e. The molecule has 6 heteroatoms. The molecule has 3 heterocycles. The van der Waals surface area contributed by atoms with Crippen molar-refractivity contribution in [2.45, 2.75) is 0 Å². The van der Waals surface area contributed by atoms with E-state index in [2.05, 4.69) is 30.4 Å². The third-order valence-corrected chi connectivity index (χ3v) is 1.94. The van der Waals surface area contributed by atoms with Crippen LogP contribution in [0.5, 0.6) is 0 Å². The van der Waals surface area contributed by atoms with E-state index in [1.165, 1.54) is 0 Å². The molecule has 6 nitrogen and oxygen atoms in total. The normalized spacial score (nSPS) is 10.9. The summed E-state index contributed by atoms with van der Waals surface area (Å²) in [5, 5.41) is 10.1. The summed E-state index contributed by atoms with van der Waals surface area (Å²) in [4.78, 5) is 11.5. The van der Waals surface area contributed by atoms with Gasteiger partial charge in [-0.05, 0) is 6.07 Å². The first-order valence-corrected chi connectivity index (χ1v) is 4.10. The number of aromatic nitrogens is 6. The lowest BCUT2D eigenvalue weighted by Crippen LogP contribution is -1.88. The first-order chi connectivity index (χ1) is 6.93. The van der Waals surface area contributed by atoms with E-state index in [1.54, 1.807) is 12.4 Å². The summed E-state index contributed by atoms with van der Waals surface area (Å²) in [5.41, 5.74) is 2.43. The standard InChI is InChI=1S/C8H6N6/c1-2-9-6-3-10-8(12-5(1)6)7-4-11-14-13-7/h1-4,9H,(H,11,13,14). The molecule has 0 bridgehead atoms. The van der Waals surface area contributed by atoms with Gasteiger partial charge in [0.2, 0.25) is 0 Å². The molecule has 68 valence electrons. The van der Waals surface area contributed by atoms with Crippen LogP contribution in [0.25, 0.3) is 22.6 Å². The zero-order valence-electron chi connectivity index (χ0n) is 7.10. The predicted octanol–water partition coefficient (Wildman–Crippen LogP) is 0.743. The SMILES string of the molecule is c1cc2nc(-c3cn[nH]n3)ncc2[nH]1. The van der Waals surface area contributed by atoms with Crippen molar-refractivity contribution in [1.29, 1.82) is 0 Å². The van der Waals surface area contributed by atoms with Crippen LogP contribution in [0.4, 0.5) is 0 Å². The second-order valence-corrected chi connectivity index (χ2v) is 2.83. The predicted molar refractivity (Wildman–Crippen MR) is 49.3 cm³/mol. The van der Waals surface area contributed by atoms with Gasteiger partial charge in [0.1, 0.15) is 5.69 Å². The largest absolute Gasteiger partial charge is 0.359 e. The van der Waals surface area contributed by atoms with E-state index in [0.717, 1.165) is 11.0 Å². The summed E-state index contributed by atoms with van der Waals surface area (Å²) < 4.78 is 0. The van der Waals surface area contributed by atoms with Crippen molar-refractivity contribution in [1.82, 2.24) is 30.4 Å². The molecule has 0 unspecified atom stereocenters. The molecule has 3 aromatic heterocycles. The number of hydrogen-bond donors (Lipinski definition) is 2. The Morgan fingerprint density at radius 3 is 3.07 bits per heavy atom. The van der Waals surface area contributed by atoms with Crippen LogP contribution in [0.15, 0.2) is 24.7 Å². The molecule has 0 aliphatic carbocycles. The fraction of sp³-hybridized carbons (Fsp3) is 0. The van der Waals surface area contributed by atoms with Crippen LogP contribution in [-0.2, 0) is 0 Å². The minimum Gasteiger partial charge on any atom is -0.359 e. The Balaban J connectivity index is 2.23. The van der Waals surface area contributed by atoms with Gasteiger partial charge in [-0.3, -0.25) is 0 Å². The van der Waals surface area contributed by atoms with E-state index in [0.29, 0.717) is 11.5 Å². The molecule has 14 heavy (non-hydrogen) atoms. The minimum absolute atomic E-state index is 0.575. The molecule has 0 amide bonds. The van der Waals surface area contributed by atoms with Gasteiger partial charge in [-0.15, -0.1) is 0 Å². The highest BCUT2D eigenvalue weighted by Crippen LogP contribution is 2.13. The molecule has 2 N–H and O–H groups in total. The zero-order chi connectivity index (χ0) is 9.38. The van der Waals surface area contributed by atoms with Gasteiger partial charge < -0.3 is 4.98 Å². The molecule has 0 atom stereocenters. The lowest BCUT2D eigenvalue weighted by Gasteiger charge is -1.93. The Morgan fingerprint density at radius 2 is 2.21 bits per heavy atom. The first-order valence-electron chi connectivity index (χ1n) is 4.10. The highest BCUT2D eigenvalue weighted by molar-refractivity contribution is 5.75. The minimum atomic E-state index is 0.575. The third-order valence-electron chi connectivity index (χ3n) is 1.94. The van der Waals surface area contributed by atoms with E-state index in [9.17, 15) is 0 Å². The average molecular weight is 186 g/mol. The number of aromatic amines is 2. The molecule has 0 saturated heterocycles. The monoisotopic (exact) mass is 186 g/mol. The molecule has 0 aromatic carbocycles. The van der Waals surface area contributed by atoms with Crippen molar-refractivity contribution >= 4 is 11.0 Å². The van der Waals surface area contributed by atoms with Gasteiger partial charge in [-0.25, -0.2) is 9.97 Å². The number of rotatable bonds is 1. The van der Waals surface area contributed by atoms with Crippen LogP contribution in [0.2, 0.25) is 0 Å². The van der Waals surface area contributed by atoms with Crippen molar-refractivity contribution in [3.63, 3.8) is 0 Å². The van der Waals surface area contributed by atoms with E-state index < -0.39 is 0 Å². The Hall–Kier alpha value is -2.24. The maximum atomic E-state index is 4.31. The third kappa shape index (κ3) is 0.972. The number of fused-ring (bicyclic) bond motifs is 1. The van der Waals surface area contributed by atoms with Crippen molar-refractivity contribution in [3.05, 3.63) is 24.7 Å². The second kappa shape index (κ2) is 2.63. The Morgan fingerprint density at radius 1 is 1.21 bits per heavy atom. The quantitative estimate of drug-likeness (QED) is 0.587. The molecular formula is C8H6N6. The van der Waals surface area contributed by atoms with Crippen molar-refractivity contribution in [2.75, 3.05) is 0 Å². The van der Waals surface area contributed by atoms with Crippen LogP contribution in [-0.4, -0.2) is 30.4 Å². The van der Waals surface area contributed by atoms with E-state index in [-0.39, 0.29) is 0 Å². The van der Waals surface area contributed by atoms with Gasteiger partial charge in [0.25, 0.3) is 0 Å². The molecule has 3 aromatic rings. The van der Waals surface area contributed by atoms with Crippen LogP contribution in [0.3, 0.4) is 0 Å². The average Bonchev–Trinajstić information content (AvgIpc) is 2.88. The first kappa shape index (κ1) is 7.19. The molecule has 0 saturated carbocycles. The molecule has 0 fully saturated rings. The van der Waals surface area contributed by atoms with E-state index in [4.69, 9.17) is 0 Å². The van der Waals surface area contributed by atoms with E-state index in [1.807, 2.05) is 12.3 Å². The Kier molecular flexibility index (Phi) is 1.35. The van der Waals surface area contributed by atoms with Gasteiger partial charge >= 0.3 is 0 Å². The number of hydrogen-bond acceptors (Lipinski definition) is 4. The van der Waals surface area contributed by atoms with Crippen molar-refractivity contribution in [2.24, 2.45) is 0 Å². The van der Waals surface area contributed by atoms with Crippen molar-refractivity contribution < 1.29 is 0 Å². The maximum absolute atomic E-state index is 4.31. The van der Waals surface area contributed by atoms with Crippen LogP contribution < -0.4 is 0 Å². The number of nitrogens with one attached hydrogen (secondary N) is 2. The van der Waals surface area contributed by atoms with Crippen LogP contribution >= 0.6 is 0 Å². The van der Waals surface area contributed by atoms with Gasteiger partial charge in [-0.2, -0.15) is 15.4 Å². The highest BCUT2D eigenvalue weighted by atomic mass is 15.3.